The number of phenols is 1. The second kappa shape index (κ2) is 18.7. The topological polar surface area (TPSA) is 72.5 Å². The number of benzene rings is 1. The molecule has 0 unspecified atom stereocenters. The number of carbonyl (C=O) groups is 1. The minimum absolute atomic E-state index is 0.206. The predicted molar refractivity (Wildman–Crippen MR) is 130 cm³/mol. The van der Waals surface area contributed by atoms with Crippen molar-refractivity contribution in [1.82, 2.24) is 0 Å². The van der Waals surface area contributed by atoms with Crippen LogP contribution >= 0.6 is 0 Å². The zero-order valence-corrected chi connectivity index (χ0v) is 19.4. The highest BCUT2D eigenvalue weighted by Gasteiger charge is 2.15. The fraction of sp³-hybridized carbons (Fsp3) is 0.593. The SMILES string of the molecule is CCCCC/C=C\C/C=C\CCCCCCCCOC(=O)[C@@H](N)Cc1ccc(O)cc1. The molecule has 4 nitrogen and oxygen atoms in total. The molecule has 0 aromatic heterocycles. The van der Waals surface area contributed by atoms with Crippen molar-refractivity contribution >= 4 is 5.97 Å². The number of nitrogens with two attached hydrogens (primary N) is 1. The summed E-state index contributed by atoms with van der Waals surface area (Å²) in [6.45, 7) is 2.68. The van der Waals surface area contributed by atoms with E-state index in [4.69, 9.17) is 10.5 Å². The van der Waals surface area contributed by atoms with Crippen molar-refractivity contribution < 1.29 is 14.6 Å². The van der Waals surface area contributed by atoms with Gasteiger partial charge in [-0.1, -0.05) is 81.9 Å². The molecule has 1 aromatic rings. The van der Waals surface area contributed by atoms with Crippen LogP contribution < -0.4 is 5.73 Å². The van der Waals surface area contributed by atoms with E-state index in [0.29, 0.717) is 13.0 Å². The number of ether oxygens (including phenoxy) is 1. The maximum absolute atomic E-state index is 12.0. The van der Waals surface area contributed by atoms with Gasteiger partial charge < -0.3 is 15.6 Å². The Hall–Kier alpha value is -2.07. The number of phenolic OH excluding ortho intramolecular Hbond substituents is 1. The molecule has 1 rings (SSSR count). The van der Waals surface area contributed by atoms with Crippen LogP contribution in [0.1, 0.15) is 89.5 Å². The molecule has 0 bridgehead atoms. The molecule has 0 spiro atoms. The molecular formula is C27H43NO3. The monoisotopic (exact) mass is 429 g/mol. The van der Waals surface area contributed by atoms with Crippen molar-refractivity contribution in [2.75, 3.05) is 6.61 Å². The van der Waals surface area contributed by atoms with Crippen LogP contribution in [0.15, 0.2) is 48.6 Å². The van der Waals surface area contributed by atoms with Gasteiger partial charge in [0.25, 0.3) is 0 Å². The Morgan fingerprint density at radius 1 is 0.903 bits per heavy atom. The van der Waals surface area contributed by atoms with Crippen molar-refractivity contribution in [3.63, 3.8) is 0 Å². The van der Waals surface area contributed by atoms with Gasteiger partial charge in [-0.15, -0.1) is 0 Å². The lowest BCUT2D eigenvalue weighted by Gasteiger charge is -2.11. The molecule has 0 aliphatic heterocycles. The first kappa shape index (κ1) is 27.0. The predicted octanol–water partition coefficient (Wildman–Crippen LogP) is 6.62. The molecule has 0 fully saturated rings. The zero-order valence-electron chi connectivity index (χ0n) is 19.4. The Balaban J connectivity index is 1.91. The summed E-state index contributed by atoms with van der Waals surface area (Å²) in [7, 11) is 0. The fourth-order valence-electron chi connectivity index (χ4n) is 3.34. The summed E-state index contributed by atoms with van der Waals surface area (Å²) in [5, 5.41) is 9.29. The van der Waals surface area contributed by atoms with Crippen molar-refractivity contribution in [2.45, 2.75) is 96.4 Å². The van der Waals surface area contributed by atoms with Crippen LogP contribution in [-0.2, 0) is 16.0 Å². The molecule has 0 aliphatic rings. The summed E-state index contributed by atoms with van der Waals surface area (Å²) in [5.41, 5.74) is 6.83. The third kappa shape index (κ3) is 15.4. The van der Waals surface area contributed by atoms with E-state index in [-0.39, 0.29) is 11.7 Å². The van der Waals surface area contributed by atoms with Crippen molar-refractivity contribution in [3.05, 3.63) is 54.1 Å². The van der Waals surface area contributed by atoms with Crippen LogP contribution in [0.5, 0.6) is 5.75 Å². The van der Waals surface area contributed by atoms with Gasteiger partial charge in [0.2, 0.25) is 0 Å². The van der Waals surface area contributed by atoms with Crippen molar-refractivity contribution in [3.8, 4) is 5.75 Å². The van der Waals surface area contributed by atoms with Gasteiger partial charge in [-0.05, 0) is 62.6 Å². The number of unbranched alkanes of at least 4 members (excludes halogenated alkanes) is 9. The molecule has 0 heterocycles. The van der Waals surface area contributed by atoms with Gasteiger partial charge in [-0.2, -0.15) is 0 Å². The lowest BCUT2D eigenvalue weighted by molar-refractivity contribution is -0.145. The van der Waals surface area contributed by atoms with E-state index in [1.165, 1.54) is 57.8 Å². The summed E-state index contributed by atoms with van der Waals surface area (Å²) < 4.78 is 5.29. The largest absolute Gasteiger partial charge is 0.508 e. The molecule has 0 saturated carbocycles. The molecule has 3 N–H and O–H groups in total. The van der Waals surface area contributed by atoms with Crippen LogP contribution in [0.3, 0.4) is 0 Å². The quantitative estimate of drug-likeness (QED) is 0.156. The lowest BCUT2D eigenvalue weighted by atomic mass is 10.1. The second-order valence-electron chi connectivity index (χ2n) is 8.23. The van der Waals surface area contributed by atoms with Crippen LogP contribution in [0.25, 0.3) is 0 Å². The van der Waals surface area contributed by atoms with Gasteiger partial charge in [0, 0.05) is 0 Å². The summed E-state index contributed by atoms with van der Waals surface area (Å²) in [5.74, 6) is -0.145. The van der Waals surface area contributed by atoms with Crippen LogP contribution in [-0.4, -0.2) is 23.7 Å². The minimum Gasteiger partial charge on any atom is -0.508 e. The first-order valence-corrected chi connectivity index (χ1v) is 12.1. The molecule has 0 amide bonds. The first-order valence-electron chi connectivity index (χ1n) is 12.1. The van der Waals surface area contributed by atoms with E-state index in [1.54, 1.807) is 24.3 Å². The number of aromatic hydroxyl groups is 1. The standard InChI is InChI=1S/C27H43NO3/c1-2-3-4-5-6-7-8-9-10-11-12-13-14-15-16-17-22-31-27(30)26(28)23-24-18-20-25(29)21-19-24/h6-7,9-10,18-21,26,29H,2-5,8,11-17,22-23,28H2,1H3/b7-6-,10-9-/t26-/m0/s1. The number of allylic oxidation sites excluding steroid dienone is 4. The Bertz CT molecular complexity index is 622. The average Bonchev–Trinajstić information content (AvgIpc) is 2.77. The van der Waals surface area contributed by atoms with E-state index in [1.807, 2.05) is 0 Å². The second-order valence-corrected chi connectivity index (χ2v) is 8.23. The van der Waals surface area contributed by atoms with Gasteiger partial charge in [0.1, 0.15) is 11.8 Å². The number of hydrogen-bond acceptors (Lipinski definition) is 4. The molecule has 4 heteroatoms. The zero-order chi connectivity index (χ0) is 22.6. The molecule has 0 saturated heterocycles. The average molecular weight is 430 g/mol. The van der Waals surface area contributed by atoms with E-state index >= 15 is 0 Å². The Morgan fingerprint density at radius 3 is 2.13 bits per heavy atom. The summed E-state index contributed by atoms with van der Waals surface area (Å²) in [6.07, 6.45) is 23.9. The van der Waals surface area contributed by atoms with Gasteiger partial charge >= 0.3 is 5.97 Å². The summed E-state index contributed by atoms with van der Waals surface area (Å²) in [4.78, 5) is 12.0. The molecular weight excluding hydrogens is 386 g/mol. The molecule has 1 aromatic carbocycles. The van der Waals surface area contributed by atoms with E-state index in [9.17, 15) is 9.90 Å². The summed E-state index contributed by atoms with van der Waals surface area (Å²) >= 11 is 0. The normalized spacial score (nSPS) is 12.6. The molecule has 31 heavy (non-hydrogen) atoms. The van der Waals surface area contributed by atoms with Crippen LogP contribution in [0.2, 0.25) is 0 Å². The summed E-state index contributed by atoms with van der Waals surface area (Å²) in [6, 6.07) is 6.07. The Kier molecular flexibility index (Phi) is 16.2. The van der Waals surface area contributed by atoms with E-state index in [0.717, 1.165) is 24.8 Å². The molecule has 1 atom stereocenters. The Morgan fingerprint density at radius 2 is 1.48 bits per heavy atom. The third-order valence-electron chi connectivity index (χ3n) is 5.28. The van der Waals surface area contributed by atoms with Gasteiger partial charge in [-0.25, -0.2) is 0 Å². The molecule has 0 radical (unpaired) electrons. The van der Waals surface area contributed by atoms with Crippen LogP contribution in [0.4, 0.5) is 0 Å². The van der Waals surface area contributed by atoms with Crippen molar-refractivity contribution in [2.24, 2.45) is 5.73 Å². The van der Waals surface area contributed by atoms with Gasteiger partial charge in [0.05, 0.1) is 6.61 Å². The smallest absolute Gasteiger partial charge is 0.323 e. The number of carbonyl (C=O) groups excluding carboxylic acids is 1. The van der Waals surface area contributed by atoms with E-state index < -0.39 is 6.04 Å². The number of esters is 1. The van der Waals surface area contributed by atoms with Crippen LogP contribution in [0, 0.1) is 0 Å². The van der Waals surface area contributed by atoms with Gasteiger partial charge in [-0.3, -0.25) is 4.79 Å². The maximum Gasteiger partial charge on any atom is 0.323 e. The minimum atomic E-state index is -0.658. The highest BCUT2D eigenvalue weighted by atomic mass is 16.5. The molecule has 0 aliphatic carbocycles. The van der Waals surface area contributed by atoms with Crippen molar-refractivity contribution in [1.29, 1.82) is 0 Å². The lowest BCUT2D eigenvalue weighted by Crippen LogP contribution is -2.34. The number of hydrogen-bond donors (Lipinski definition) is 2. The fourth-order valence-corrected chi connectivity index (χ4v) is 3.34. The third-order valence-corrected chi connectivity index (χ3v) is 5.28. The highest BCUT2D eigenvalue weighted by Crippen LogP contribution is 2.12. The molecule has 174 valence electrons. The van der Waals surface area contributed by atoms with E-state index in [2.05, 4.69) is 31.2 Å². The highest BCUT2D eigenvalue weighted by molar-refractivity contribution is 5.75. The first-order chi connectivity index (χ1) is 15.1. The number of rotatable bonds is 18. The van der Waals surface area contributed by atoms with Gasteiger partial charge in [0.15, 0.2) is 0 Å². The maximum atomic E-state index is 12.0. The Labute approximate surface area is 189 Å².